The lowest BCUT2D eigenvalue weighted by Gasteiger charge is -2.25. The number of hydrogen-bond donors (Lipinski definition) is 1. The van der Waals surface area contributed by atoms with Crippen molar-refractivity contribution in [3.8, 4) is 11.5 Å². The predicted octanol–water partition coefficient (Wildman–Crippen LogP) is 2.97. The highest BCUT2D eigenvalue weighted by Gasteiger charge is 2.33. The van der Waals surface area contributed by atoms with Gasteiger partial charge in [-0.1, -0.05) is 12.1 Å². The molecule has 1 aromatic rings. The molecule has 122 valence electrons. The third-order valence-corrected chi connectivity index (χ3v) is 5.14. The fourth-order valence-electron chi connectivity index (χ4n) is 3.89. The molecule has 0 spiro atoms. The zero-order valence-electron chi connectivity index (χ0n) is 13.8. The van der Waals surface area contributed by atoms with Crippen LogP contribution in [-0.2, 0) is 0 Å². The molecule has 1 saturated carbocycles. The van der Waals surface area contributed by atoms with Gasteiger partial charge in [0.25, 0.3) is 0 Å². The highest BCUT2D eigenvalue weighted by atomic mass is 16.5. The van der Waals surface area contributed by atoms with Crippen LogP contribution in [0.4, 0.5) is 0 Å². The van der Waals surface area contributed by atoms with Gasteiger partial charge in [0.1, 0.15) is 0 Å². The molecule has 2 aliphatic rings. The van der Waals surface area contributed by atoms with E-state index >= 15 is 0 Å². The second kappa shape index (κ2) is 6.88. The van der Waals surface area contributed by atoms with Crippen LogP contribution in [-0.4, -0.2) is 38.3 Å². The van der Waals surface area contributed by atoms with Crippen molar-refractivity contribution in [2.75, 3.05) is 27.2 Å². The lowest BCUT2D eigenvalue weighted by molar-refractivity contribution is 0.192. The first-order chi connectivity index (χ1) is 10.7. The molecule has 0 radical (unpaired) electrons. The molecule has 1 heterocycles. The molecule has 2 atom stereocenters. The lowest BCUT2D eigenvalue weighted by Crippen LogP contribution is -2.21. The zero-order valence-corrected chi connectivity index (χ0v) is 13.8. The van der Waals surface area contributed by atoms with E-state index < -0.39 is 0 Å². The number of methoxy groups -OCH3 is 1. The summed E-state index contributed by atoms with van der Waals surface area (Å²) in [5.74, 6) is 2.38. The summed E-state index contributed by atoms with van der Waals surface area (Å²) in [5.41, 5.74) is 7.13. The molecular formula is C18H28N2O2. The minimum absolute atomic E-state index is 0.340. The van der Waals surface area contributed by atoms with E-state index in [1.807, 2.05) is 6.07 Å². The summed E-state index contributed by atoms with van der Waals surface area (Å²) in [6.07, 6.45) is 6.29. The van der Waals surface area contributed by atoms with Crippen LogP contribution in [0, 0.1) is 5.92 Å². The smallest absolute Gasteiger partial charge is 0.166 e. The number of para-hydroxylation sites is 1. The third kappa shape index (κ3) is 3.08. The second-order valence-electron chi connectivity index (χ2n) is 6.70. The van der Waals surface area contributed by atoms with Gasteiger partial charge in [-0.15, -0.1) is 0 Å². The molecule has 0 bridgehead atoms. The van der Waals surface area contributed by atoms with Crippen molar-refractivity contribution < 1.29 is 9.47 Å². The van der Waals surface area contributed by atoms with Crippen LogP contribution in [0.5, 0.6) is 11.5 Å². The molecule has 0 aromatic heterocycles. The topological polar surface area (TPSA) is 47.7 Å². The van der Waals surface area contributed by atoms with Crippen LogP contribution in [0.15, 0.2) is 18.2 Å². The van der Waals surface area contributed by atoms with Gasteiger partial charge >= 0.3 is 0 Å². The normalized spacial score (nSPS) is 26.5. The number of likely N-dealkylation sites (tertiary alicyclic amines) is 1. The van der Waals surface area contributed by atoms with Crippen molar-refractivity contribution in [3.05, 3.63) is 23.8 Å². The van der Waals surface area contributed by atoms with E-state index in [2.05, 4.69) is 24.1 Å². The van der Waals surface area contributed by atoms with Crippen LogP contribution < -0.4 is 15.2 Å². The van der Waals surface area contributed by atoms with Gasteiger partial charge in [0.05, 0.1) is 13.2 Å². The van der Waals surface area contributed by atoms with Crippen molar-refractivity contribution >= 4 is 0 Å². The molecule has 2 N–H and O–H groups in total. The van der Waals surface area contributed by atoms with Crippen LogP contribution >= 0.6 is 0 Å². The van der Waals surface area contributed by atoms with Gasteiger partial charge in [-0.05, 0) is 57.7 Å². The number of benzene rings is 1. The first kappa shape index (κ1) is 15.6. The summed E-state index contributed by atoms with van der Waals surface area (Å²) in [6, 6.07) is 6.63. The largest absolute Gasteiger partial charge is 0.493 e. The van der Waals surface area contributed by atoms with E-state index in [0.29, 0.717) is 18.1 Å². The first-order valence-electron chi connectivity index (χ1n) is 8.46. The van der Waals surface area contributed by atoms with Gasteiger partial charge in [0.2, 0.25) is 0 Å². The number of hydrogen-bond acceptors (Lipinski definition) is 4. The van der Waals surface area contributed by atoms with E-state index in [1.54, 1.807) is 7.11 Å². The van der Waals surface area contributed by atoms with Gasteiger partial charge in [-0.25, -0.2) is 0 Å². The average Bonchev–Trinajstić information content (AvgIpc) is 3.17. The Morgan fingerprint density at radius 2 is 2.05 bits per heavy atom. The third-order valence-electron chi connectivity index (χ3n) is 5.14. The second-order valence-corrected chi connectivity index (χ2v) is 6.70. The van der Waals surface area contributed by atoms with Crippen molar-refractivity contribution in [1.29, 1.82) is 0 Å². The zero-order chi connectivity index (χ0) is 15.5. The predicted molar refractivity (Wildman–Crippen MR) is 88.4 cm³/mol. The van der Waals surface area contributed by atoms with Crippen LogP contribution in [0.3, 0.4) is 0 Å². The minimum Gasteiger partial charge on any atom is -0.493 e. The maximum absolute atomic E-state index is 6.38. The highest BCUT2D eigenvalue weighted by Crippen LogP contribution is 2.43. The van der Waals surface area contributed by atoms with Gasteiger partial charge in [0.15, 0.2) is 11.5 Å². The fourth-order valence-corrected chi connectivity index (χ4v) is 3.89. The standard InChI is InChI=1S/C18H28N2O2/c1-20-12-13(11-19)10-16(20)15-8-5-9-17(21-2)18(15)22-14-6-3-4-7-14/h5,8-9,13-14,16H,3-4,6-7,10-12,19H2,1-2H3. The molecule has 4 heteroatoms. The van der Waals surface area contributed by atoms with E-state index in [-0.39, 0.29) is 0 Å². The quantitative estimate of drug-likeness (QED) is 0.908. The van der Waals surface area contributed by atoms with Gasteiger partial charge < -0.3 is 15.2 Å². The summed E-state index contributed by atoms with van der Waals surface area (Å²) >= 11 is 0. The molecule has 4 nitrogen and oxygen atoms in total. The average molecular weight is 304 g/mol. The van der Waals surface area contributed by atoms with Gasteiger partial charge in [-0.3, -0.25) is 4.90 Å². The van der Waals surface area contributed by atoms with Gasteiger partial charge in [0, 0.05) is 18.2 Å². The van der Waals surface area contributed by atoms with E-state index in [4.69, 9.17) is 15.2 Å². The Balaban J connectivity index is 1.89. The molecule has 2 unspecified atom stereocenters. The summed E-state index contributed by atoms with van der Waals surface area (Å²) in [7, 11) is 3.90. The first-order valence-corrected chi connectivity index (χ1v) is 8.46. The fraction of sp³-hybridized carbons (Fsp3) is 0.667. The van der Waals surface area contributed by atoms with Crippen LogP contribution in [0.2, 0.25) is 0 Å². The maximum Gasteiger partial charge on any atom is 0.166 e. The van der Waals surface area contributed by atoms with E-state index in [9.17, 15) is 0 Å². The summed E-state index contributed by atoms with van der Waals surface area (Å²) in [4.78, 5) is 2.40. The van der Waals surface area contributed by atoms with Crippen molar-refractivity contribution in [1.82, 2.24) is 4.90 Å². The molecular weight excluding hydrogens is 276 g/mol. The van der Waals surface area contributed by atoms with Crippen molar-refractivity contribution in [3.63, 3.8) is 0 Å². The van der Waals surface area contributed by atoms with Crippen molar-refractivity contribution in [2.24, 2.45) is 11.7 Å². The van der Waals surface area contributed by atoms with Crippen LogP contribution in [0.25, 0.3) is 0 Å². The van der Waals surface area contributed by atoms with E-state index in [1.165, 1.54) is 18.4 Å². The molecule has 1 aliphatic carbocycles. The molecule has 1 saturated heterocycles. The van der Waals surface area contributed by atoms with Gasteiger partial charge in [-0.2, -0.15) is 0 Å². The monoisotopic (exact) mass is 304 g/mol. The Labute approximate surface area is 133 Å². The lowest BCUT2D eigenvalue weighted by atomic mass is 9.98. The molecule has 0 amide bonds. The molecule has 1 aliphatic heterocycles. The maximum atomic E-state index is 6.38. The number of ether oxygens (including phenoxy) is 2. The number of nitrogens with two attached hydrogens (primary N) is 1. The molecule has 22 heavy (non-hydrogen) atoms. The summed E-state index contributed by atoms with van der Waals surface area (Å²) in [5, 5.41) is 0. The Hall–Kier alpha value is -1.26. The summed E-state index contributed by atoms with van der Waals surface area (Å²) < 4.78 is 12.0. The minimum atomic E-state index is 0.340. The van der Waals surface area contributed by atoms with E-state index in [0.717, 1.165) is 43.9 Å². The molecule has 3 rings (SSSR count). The SMILES string of the molecule is COc1cccc(C2CC(CN)CN2C)c1OC1CCCC1. The number of nitrogens with zero attached hydrogens (tertiary/aromatic N) is 1. The Kier molecular flexibility index (Phi) is 4.89. The Morgan fingerprint density at radius 1 is 1.27 bits per heavy atom. The summed E-state index contributed by atoms with van der Waals surface area (Å²) in [6.45, 7) is 1.81. The van der Waals surface area contributed by atoms with Crippen LogP contribution in [0.1, 0.15) is 43.7 Å². The number of rotatable bonds is 5. The Morgan fingerprint density at radius 3 is 2.68 bits per heavy atom. The molecule has 2 fully saturated rings. The highest BCUT2D eigenvalue weighted by molar-refractivity contribution is 5.48. The van der Waals surface area contributed by atoms with Crippen molar-refractivity contribution in [2.45, 2.75) is 44.2 Å². The Bertz CT molecular complexity index is 500. The molecule has 1 aromatic carbocycles.